The van der Waals surface area contributed by atoms with Crippen LogP contribution in [0.1, 0.15) is 26.2 Å². The molecule has 0 spiro atoms. The van der Waals surface area contributed by atoms with Gasteiger partial charge >= 0.3 is 5.97 Å². The first kappa shape index (κ1) is 9.64. The van der Waals surface area contributed by atoms with E-state index in [1.54, 1.807) is 0 Å². The SMILES string of the molecule is CC1CC[C@@H]2C3C[C@H]2C1C(C(=O)O)C3N. The molecule has 4 saturated carbocycles. The summed E-state index contributed by atoms with van der Waals surface area (Å²) in [4.78, 5) is 11.3. The van der Waals surface area contributed by atoms with E-state index in [1.807, 2.05) is 0 Å². The maximum atomic E-state index is 11.3. The highest BCUT2D eigenvalue weighted by molar-refractivity contribution is 5.72. The Morgan fingerprint density at radius 2 is 2.00 bits per heavy atom. The number of nitrogens with two attached hydrogens (primary N) is 1. The molecular formula is C12H19NO2. The van der Waals surface area contributed by atoms with Gasteiger partial charge in [-0.05, 0) is 42.4 Å². The van der Waals surface area contributed by atoms with Crippen molar-refractivity contribution in [3.63, 3.8) is 0 Å². The average molecular weight is 209 g/mol. The summed E-state index contributed by atoms with van der Waals surface area (Å²) in [5, 5.41) is 9.30. The lowest BCUT2D eigenvalue weighted by Gasteiger charge is -2.63. The van der Waals surface area contributed by atoms with Gasteiger partial charge in [0.25, 0.3) is 0 Å². The average Bonchev–Trinajstić information content (AvgIpc) is 2.13. The third-order valence-corrected chi connectivity index (χ3v) is 5.36. The quantitative estimate of drug-likeness (QED) is 0.684. The first-order valence-corrected chi connectivity index (χ1v) is 6.09. The molecule has 4 bridgehead atoms. The predicted octanol–water partition coefficient (Wildman–Crippen LogP) is 1.33. The van der Waals surface area contributed by atoms with Crippen LogP contribution in [0.2, 0.25) is 0 Å². The summed E-state index contributed by atoms with van der Waals surface area (Å²) >= 11 is 0. The normalized spacial score (nSPS) is 57.1. The summed E-state index contributed by atoms with van der Waals surface area (Å²) in [5.74, 6) is 1.95. The zero-order valence-corrected chi connectivity index (χ0v) is 9.10. The van der Waals surface area contributed by atoms with E-state index in [1.165, 1.54) is 19.3 Å². The number of hydrogen-bond acceptors (Lipinski definition) is 2. The van der Waals surface area contributed by atoms with Crippen LogP contribution in [0.3, 0.4) is 0 Å². The van der Waals surface area contributed by atoms with E-state index in [0.29, 0.717) is 23.7 Å². The van der Waals surface area contributed by atoms with Gasteiger partial charge in [-0.25, -0.2) is 0 Å². The van der Waals surface area contributed by atoms with Crippen molar-refractivity contribution >= 4 is 5.97 Å². The van der Waals surface area contributed by atoms with Crippen LogP contribution in [0.5, 0.6) is 0 Å². The Balaban J connectivity index is 1.94. The summed E-state index contributed by atoms with van der Waals surface area (Å²) in [6.07, 6.45) is 3.69. The zero-order valence-electron chi connectivity index (χ0n) is 9.10. The van der Waals surface area contributed by atoms with Crippen molar-refractivity contribution in [2.24, 2.45) is 41.2 Å². The number of carboxylic acids is 1. The molecule has 3 nitrogen and oxygen atoms in total. The summed E-state index contributed by atoms with van der Waals surface area (Å²) < 4.78 is 0. The van der Waals surface area contributed by atoms with Gasteiger partial charge in [-0.2, -0.15) is 0 Å². The first-order valence-electron chi connectivity index (χ1n) is 6.09. The minimum Gasteiger partial charge on any atom is -0.481 e. The third kappa shape index (κ3) is 1.07. The summed E-state index contributed by atoms with van der Waals surface area (Å²) in [6.45, 7) is 2.21. The fraction of sp³-hybridized carbons (Fsp3) is 0.917. The van der Waals surface area contributed by atoms with Crippen molar-refractivity contribution in [1.82, 2.24) is 0 Å². The molecule has 84 valence electrons. The standard InChI is InChI=1S/C12H19NO2/c1-5-2-3-6-7-4-8(6)11(13)10(9(5)7)12(14)15/h5-11H,2-4,13H2,1H3,(H,14,15)/t5?,6-,7+,8?,9?,10?,11?/m0/s1. The topological polar surface area (TPSA) is 63.3 Å². The van der Waals surface area contributed by atoms with E-state index in [9.17, 15) is 9.90 Å². The molecule has 0 aromatic heterocycles. The van der Waals surface area contributed by atoms with E-state index >= 15 is 0 Å². The van der Waals surface area contributed by atoms with Crippen LogP contribution < -0.4 is 5.73 Å². The molecule has 3 heteroatoms. The van der Waals surface area contributed by atoms with Crippen molar-refractivity contribution in [3.8, 4) is 0 Å². The largest absolute Gasteiger partial charge is 0.481 e. The van der Waals surface area contributed by atoms with Gasteiger partial charge < -0.3 is 10.8 Å². The lowest BCUT2D eigenvalue weighted by atomic mass is 9.42. The third-order valence-electron chi connectivity index (χ3n) is 5.36. The Hall–Kier alpha value is -0.570. The van der Waals surface area contributed by atoms with E-state index in [-0.39, 0.29) is 12.0 Å². The molecule has 5 unspecified atom stereocenters. The monoisotopic (exact) mass is 209 g/mol. The predicted molar refractivity (Wildman–Crippen MR) is 56.1 cm³/mol. The molecule has 0 amide bonds. The lowest BCUT2D eigenvalue weighted by molar-refractivity contribution is -0.175. The van der Waals surface area contributed by atoms with Crippen molar-refractivity contribution in [2.45, 2.75) is 32.2 Å². The van der Waals surface area contributed by atoms with Crippen molar-refractivity contribution in [3.05, 3.63) is 0 Å². The van der Waals surface area contributed by atoms with Crippen LogP contribution in [-0.4, -0.2) is 17.1 Å². The molecule has 0 saturated heterocycles. The van der Waals surface area contributed by atoms with Crippen LogP contribution in [0.15, 0.2) is 0 Å². The van der Waals surface area contributed by atoms with E-state index < -0.39 is 5.97 Å². The highest BCUT2D eigenvalue weighted by atomic mass is 16.4. The van der Waals surface area contributed by atoms with Gasteiger partial charge in [0, 0.05) is 6.04 Å². The summed E-state index contributed by atoms with van der Waals surface area (Å²) in [7, 11) is 0. The second kappa shape index (κ2) is 2.97. The zero-order chi connectivity index (χ0) is 10.7. The van der Waals surface area contributed by atoms with Crippen molar-refractivity contribution in [2.75, 3.05) is 0 Å². The molecule has 0 radical (unpaired) electrons. The van der Waals surface area contributed by atoms with Gasteiger partial charge in [0.15, 0.2) is 0 Å². The molecule has 4 aliphatic carbocycles. The van der Waals surface area contributed by atoms with E-state index in [0.717, 1.165) is 5.92 Å². The van der Waals surface area contributed by atoms with Gasteiger partial charge in [0.2, 0.25) is 0 Å². The molecule has 3 N–H and O–H groups in total. The van der Waals surface area contributed by atoms with Gasteiger partial charge in [-0.15, -0.1) is 0 Å². The number of carboxylic acid groups (broad SMARTS) is 1. The van der Waals surface area contributed by atoms with Crippen LogP contribution >= 0.6 is 0 Å². The Kier molecular flexibility index (Phi) is 1.91. The second-order valence-corrected chi connectivity index (χ2v) is 5.80. The molecule has 4 rings (SSSR count). The van der Waals surface area contributed by atoms with Crippen LogP contribution in [-0.2, 0) is 4.79 Å². The van der Waals surface area contributed by atoms with Gasteiger partial charge in [-0.1, -0.05) is 13.3 Å². The molecule has 0 aromatic carbocycles. The molecule has 0 aromatic rings. The Bertz CT molecular complexity index is 304. The maximum Gasteiger partial charge on any atom is 0.308 e. The Morgan fingerprint density at radius 1 is 1.27 bits per heavy atom. The number of fused-ring (bicyclic) bond motifs is 1. The molecule has 4 aliphatic rings. The highest BCUT2D eigenvalue weighted by Gasteiger charge is 2.61. The molecule has 15 heavy (non-hydrogen) atoms. The second-order valence-electron chi connectivity index (χ2n) is 5.80. The van der Waals surface area contributed by atoms with Gasteiger partial charge in [0.05, 0.1) is 5.92 Å². The number of hydrogen-bond donors (Lipinski definition) is 2. The Morgan fingerprint density at radius 3 is 2.67 bits per heavy atom. The molecule has 0 heterocycles. The van der Waals surface area contributed by atoms with E-state index in [2.05, 4.69) is 6.92 Å². The van der Waals surface area contributed by atoms with Crippen molar-refractivity contribution < 1.29 is 9.90 Å². The minimum atomic E-state index is -0.658. The van der Waals surface area contributed by atoms with Crippen molar-refractivity contribution in [1.29, 1.82) is 0 Å². The van der Waals surface area contributed by atoms with Gasteiger partial charge in [-0.3, -0.25) is 4.79 Å². The van der Waals surface area contributed by atoms with Gasteiger partial charge in [0.1, 0.15) is 0 Å². The molecule has 4 fully saturated rings. The summed E-state index contributed by atoms with van der Waals surface area (Å²) in [5.41, 5.74) is 6.13. The van der Waals surface area contributed by atoms with Crippen LogP contribution in [0.25, 0.3) is 0 Å². The fourth-order valence-corrected chi connectivity index (χ4v) is 4.64. The molecular weight excluding hydrogens is 190 g/mol. The minimum absolute atomic E-state index is 0.0785. The maximum absolute atomic E-state index is 11.3. The Labute approximate surface area is 90.0 Å². The molecule has 0 aliphatic heterocycles. The number of carbonyl (C=O) groups is 1. The number of aliphatic carboxylic acids is 1. The highest BCUT2D eigenvalue weighted by Crippen LogP contribution is 2.62. The lowest BCUT2D eigenvalue weighted by Crippen LogP contribution is -2.66. The molecule has 7 atom stereocenters. The fourth-order valence-electron chi connectivity index (χ4n) is 4.64. The smallest absolute Gasteiger partial charge is 0.308 e. The van der Waals surface area contributed by atoms with Crippen LogP contribution in [0.4, 0.5) is 0 Å². The number of rotatable bonds is 1. The van der Waals surface area contributed by atoms with E-state index in [4.69, 9.17) is 5.73 Å². The van der Waals surface area contributed by atoms with Crippen LogP contribution in [0, 0.1) is 35.5 Å². The summed E-state index contributed by atoms with van der Waals surface area (Å²) in [6, 6.07) is -0.0785. The first-order chi connectivity index (χ1) is 7.11.